The number of fused-ring (bicyclic) bond motifs is 1. The molecular formula is C11H15N3. The quantitative estimate of drug-likeness (QED) is 0.786. The van der Waals surface area contributed by atoms with Gasteiger partial charge in [0.1, 0.15) is 0 Å². The summed E-state index contributed by atoms with van der Waals surface area (Å²) >= 11 is 0. The van der Waals surface area contributed by atoms with E-state index in [1.54, 1.807) is 0 Å². The smallest absolute Gasteiger partial charge is 0.0960 e. The number of aromatic nitrogens is 2. The van der Waals surface area contributed by atoms with Crippen LogP contribution in [-0.2, 0) is 6.54 Å². The molecule has 1 aromatic heterocycles. The van der Waals surface area contributed by atoms with Gasteiger partial charge in [-0.05, 0) is 25.5 Å². The van der Waals surface area contributed by atoms with E-state index in [0.717, 1.165) is 11.1 Å². The van der Waals surface area contributed by atoms with Crippen LogP contribution in [0.5, 0.6) is 0 Å². The van der Waals surface area contributed by atoms with Crippen LogP contribution < -0.4 is 5.73 Å². The fourth-order valence-corrected chi connectivity index (χ4v) is 1.72. The zero-order chi connectivity index (χ0) is 10.1. The van der Waals surface area contributed by atoms with Crippen molar-refractivity contribution < 1.29 is 0 Å². The minimum Gasteiger partial charge on any atom is -0.328 e. The predicted octanol–water partition coefficient (Wildman–Crippen LogP) is 2.08. The van der Waals surface area contributed by atoms with E-state index in [0.29, 0.717) is 12.6 Å². The number of hydrogen-bond acceptors (Lipinski definition) is 2. The van der Waals surface area contributed by atoms with Crippen molar-refractivity contribution in [3.05, 3.63) is 30.1 Å². The molecular weight excluding hydrogens is 174 g/mol. The molecule has 3 heteroatoms. The van der Waals surface area contributed by atoms with Gasteiger partial charge in [0.2, 0.25) is 0 Å². The molecule has 0 amide bonds. The van der Waals surface area contributed by atoms with E-state index in [4.69, 9.17) is 5.73 Å². The van der Waals surface area contributed by atoms with Gasteiger partial charge in [-0.3, -0.25) is 0 Å². The second-order valence-corrected chi connectivity index (χ2v) is 3.73. The van der Waals surface area contributed by atoms with Crippen LogP contribution in [0.25, 0.3) is 11.0 Å². The van der Waals surface area contributed by atoms with Gasteiger partial charge in [-0.1, -0.05) is 12.1 Å². The highest BCUT2D eigenvalue weighted by Crippen LogP contribution is 2.20. The second kappa shape index (κ2) is 3.42. The number of benzene rings is 1. The van der Waals surface area contributed by atoms with Crippen LogP contribution in [0.3, 0.4) is 0 Å². The Kier molecular flexibility index (Phi) is 2.25. The number of hydrogen-bond donors (Lipinski definition) is 1. The van der Waals surface area contributed by atoms with E-state index < -0.39 is 0 Å². The maximum absolute atomic E-state index is 5.70. The van der Waals surface area contributed by atoms with Crippen LogP contribution in [0.2, 0.25) is 0 Å². The summed E-state index contributed by atoms with van der Waals surface area (Å²) in [5.41, 5.74) is 9.06. The number of para-hydroxylation sites is 1. The minimum atomic E-state index is 0.424. The number of nitrogens with two attached hydrogens (primary N) is 1. The van der Waals surface area contributed by atoms with Gasteiger partial charge in [0.25, 0.3) is 0 Å². The molecule has 3 nitrogen and oxygen atoms in total. The van der Waals surface area contributed by atoms with Crippen LogP contribution in [0, 0.1) is 0 Å². The second-order valence-electron chi connectivity index (χ2n) is 3.73. The summed E-state index contributed by atoms with van der Waals surface area (Å²) in [6, 6.07) is 6.51. The molecule has 14 heavy (non-hydrogen) atoms. The van der Waals surface area contributed by atoms with Crippen molar-refractivity contribution in [2.75, 3.05) is 0 Å². The van der Waals surface area contributed by atoms with E-state index in [1.807, 2.05) is 18.5 Å². The average molecular weight is 189 g/mol. The van der Waals surface area contributed by atoms with Gasteiger partial charge >= 0.3 is 0 Å². The van der Waals surface area contributed by atoms with E-state index in [1.165, 1.54) is 5.52 Å². The lowest BCUT2D eigenvalue weighted by atomic mass is 10.1. The summed E-state index contributed by atoms with van der Waals surface area (Å²) < 4.78 is 2.16. The molecule has 0 saturated heterocycles. The average Bonchev–Trinajstić information content (AvgIpc) is 2.60. The van der Waals surface area contributed by atoms with Crippen molar-refractivity contribution in [2.45, 2.75) is 26.4 Å². The molecule has 1 heterocycles. The Morgan fingerprint density at radius 3 is 2.86 bits per heavy atom. The van der Waals surface area contributed by atoms with Crippen LogP contribution >= 0.6 is 0 Å². The zero-order valence-electron chi connectivity index (χ0n) is 8.57. The van der Waals surface area contributed by atoms with Crippen LogP contribution in [0.4, 0.5) is 0 Å². The highest BCUT2D eigenvalue weighted by molar-refractivity contribution is 5.79. The first-order chi connectivity index (χ1) is 6.74. The van der Waals surface area contributed by atoms with Crippen LogP contribution in [0.1, 0.15) is 25.5 Å². The molecule has 0 radical (unpaired) electrons. The third-order valence-electron chi connectivity index (χ3n) is 2.45. The van der Waals surface area contributed by atoms with Crippen LogP contribution in [0.15, 0.2) is 24.5 Å². The molecule has 2 aromatic rings. The predicted molar refractivity (Wildman–Crippen MR) is 58.0 cm³/mol. The molecule has 2 rings (SSSR count). The zero-order valence-corrected chi connectivity index (χ0v) is 8.57. The monoisotopic (exact) mass is 189 g/mol. The van der Waals surface area contributed by atoms with Gasteiger partial charge in [0, 0.05) is 12.6 Å². The normalized spacial score (nSPS) is 11.4. The summed E-state index contributed by atoms with van der Waals surface area (Å²) in [4.78, 5) is 4.36. The minimum absolute atomic E-state index is 0.424. The summed E-state index contributed by atoms with van der Waals surface area (Å²) in [5.74, 6) is 0. The lowest BCUT2D eigenvalue weighted by Gasteiger charge is -2.10. The molecule has 2 N–H and O–H groups in total. The molecule has 0 fully saturated rings. The van der Waals surface area contributed by atoms with Gasteiger partial charge in [-0.25, -0.2) is 4.98 Å². The molecule has 0 atom stereocenters. The SMILES string of the molecule is CC(C)n1cnc2cccc(CN)c21. The number of rotatable bonds is 2. The Labute approximate surface area is 83.6 Å². The van der Waals surface area contributed by atoms with Gasteiger partial charge in [-0.15, -0.1) is 0 Å². The third kappa shape index (κ3) is 1.30. The highest BCUT2D eigenvalue weighted by Gasteiger charge is 2.08. The van der Waals surface area contributed by atoms with Crippen molar-refractivity contribution in [2.24, 2.45) is 5.73 Å². The lowest BCUT2D eigenvalue weighted by Crippen LogP contribution is -2.03. The van der Waals surface area contributed by atoms with E-state index in [2.05, 4.69) is 29.5 Å². The molecule has 1 aromatic carbocycles. The first-order valence-electron chi connectivity index (χ1n) is 4.88. The Hall–Kier alpha value is -1.35. The summed E-state index contributed by atoms with van der Waals surface area (Å²) in [6.45, 7) is 4.86. The topological polar surface area (TPSA) is 43.8 Å². The van der Waals surface area contributed by atoms with Crippen LogP contribution in [-0.4, -0.2) is 9.55 Å². The molecule has 74 valence electrons. The molecule has 0 bridgehead atoms. The van der Waals surface area contributed by atoms with Crippen molar-refractivity contribution in [1.82, 2.24) is 9.55 Å². The Morgan fingerprint density at radius 2 is 2.21 bits per heavy atom. The first kappa shape index (κ1) is 9.21. The number of nitrogens with zero attached hydrogens (tertiary/aromatic N) is 2. The fraction of sp³-hybridized carbons (Fsp3) is 0.364. The van der Waals surface area contributed by atoms with Crippen molar-refractivity contribution in [3.63, 3.8) is 0 Å². The van der Waals surface area contributed by atoms with Gasteiger partial charge in [0.05, 0.1) is 17.4 Å². The maximum atomic E-state index is 5.70. The van der Waals surface area contributed by atoms with Crippen molar-refractivity contribution >= 4 is 11.0 Å². The summed E-state index contributed by atoms with van der Waals surface area (Å²) in [6.07, 6.45) is 1.88. The Morgan fingerprint density at radius 1 is 1.43 bits per heavy atom. The summed E-state index contributed by atoms with van der Waals surface area (Å²) in [5, 5.41) is 0. The lowest BCUT2D eigenvalue weighted by molar-refractivity contribution is 0.616. The van der Waals surface area contributed by atoms with E-state index >= 15 is 0 Å². The third-order valence-corrected chi connectivity index (χ3v) is 2.45. The fourth-order valence-electron chi connectivity index (χ4n) is 1.72. The highest BCUT2D eigenvalue weighted by atomic mass is 15.1. The number of imidazole rings is 1. The van der Waals surface area contributed by atoms with E-state index in [-0.39, 0.29) is 0 Å². The molecule has 0 aliphatic carbocycles. The summed E-state index contributed by atoms with van der Waals surface area (Å²) in [7, 11) is 0. The van der Waals surface area contributed by atoms with Gasteiger partial charge in [0.15, 0.2) is 0 Å². The molecule has 0 saturated carbocycles. The van der Waals surface area contributed by atoms with Gasteiger partial charge in [-0.2, -0.15) is 0 Å². The standard InChI is InChI=1S/C11H15N3/c1-8(2)14-7-13-10-5-3-4-9(6-12)11(10)14/h3-5,7-8H,6,12H2,1-2H3. The van der Waals surface area contributed by atoms with Gasteiger partial charge < -0.3 is 10.3 Å². The molecule has 0 unspecified atom stereocenters. The molecule has 0 spiro atoms. The Balaban J connectivity index is 2.74. The Bertz CT molecular complexity index is 443. The van der Waals surface area contributed by atoms with E-state index in [9.17, 15) is 0 Å². The molecule has 0 aliphatic heterocycles. The first-order valence-corrected chi connectivity index (χ1v) is 4.88. The van der Waals surface area contributed by atoms with Crippen molar-refractivity contribution in [3.8, 4) is 0 Å². The maximum Gasteiger partial charge on any atom is 0.0960 e. The molecule has 0 aliphatic rings. The van der Waals surface area contributed by atoms with Crippen molar-refractivity contribution in [1.29, 1.82) is 0 Å². The largest absolute Gasteiger partial charge is 0.328 e.